The first-order valence-corrected chi connectivity index (χ1v) is 7.92. The summed E-state index contributed by atoms with van der Waals surface area (Å²) in [6.07, 6.45) is 1.43. The Morgan fingerprint density at radius 3 is 2.72 bits per heavy atom. The molecule has 0 aliphatic carbocycles. The molecule has 0 saturated carbocycles. The number of nitrogens with zero attached hydrogens (tertiary/aromatic N) is 1. The van der Waals surface area contributed by atoms with E-state index in [1.807, 2.05) is 13.0 Å². The average molecular weight is 343 g/mol. The number of anilines is 1. The molecule has 2 N–H and O–H groups in total. The monoisotopic (exact) mass is 343 g/mol. The molecule has 0 bridgehead atoms. The van der Waals surface area contributed by atoms with Gasteiger partial charge < -0.3 is 20.1 Å². The SMILES string of the molecule is CCOc1ccccc1NC(=O)c1ccnc(C(=O)NCCOC)c1. The first-order valence-electron chi connectivity index (χ1n) is 7.92. The van der Waals surface area contributed by atoms with Crippen LogP contribution in [0.15, 0.2) is 42.6 Å². The zero-order chi connectivity index (χ0) is 18.1. The number of hydrogen-bond acceptors (Lipinski definition) is 5. The van der Waals surface area contributed by atoms with E-state index >= 15 is 0 Å². The van der Waals surface area contributed by atoms with Crippen LogP contribution in [0.3, 0.4) is 0 Å². The molecule has 7 heteroatoms. The average Bonchev–Trinajstić information content (AvgIpc) is 2.64. The molecule has 2 aromatic rings. The highest BCUT2D eigenvalue weighted by molar-refractivity contribution is 6.06. The molecule has 0 atom stereocenters. The molecule has 25 heavy (non-hydrogen) atoms. The number of pyridine rings is 1. The number of hydrogen-bond donors (Lipinski definition) is 2. The van der Waals surface area contributed by atoms with E-state index in [2.05, 4.69) is 15.6 Å². The molecule has 1 aromatic carbocycles. The standard InChI is InChI=1S/C18H21N3O4/c1-3-25-16-7-5-4-6-14(16)21-17(22)13-8-9-19-15(12-13)18(23)20-10-11-24-2/h4-9,12H,3,10-11H2,1-2H3,(H,20,23)(H,21,22). The number of aromatic nitrogens is 1. The number of amides is 2. The minimum Gasteiger partial charge on any atom is -0.492 e. The summed E-state index contributed by atoms with van der Waals surface area (Å²) in [4.78, 5) is 28.5. The van der Waals surface area contributed by atoms with Crippen molar-refractivity contribution in [2.45, 2.75) is 6.92 Å². The molecule has 2 amide bonds. The van der Waals surface area contributed by atoms with Crippen molar-refractivity contribution in [1.82, 2.24) is 10.3 Å². The summed E-state index contributed by atoms with van der Waals surface area (Å²) in [6, 6.07) is 10.2. The maximum atomic E-state index is 12.5. The lowest BCUT2D eigenvalue weighted by Crippen LogP contribution is -2.28. The van der Waals surface area contributed by atoms with Crippen molar-refractivity contribution < 1.29 is 19.1 Å². The van der Waals surface area contributed by atoms with Crippen LogP contribution in [0.1, 0.15) is 27.8 Å². The van der Waals surface area contributed by atoms with Crippen LogP contribution in [0.2, 0.25) is 0 Å². The molecule has 7 nitrogen and oxygen atoms in total. The zero-order valence-corrected chi connectivity index (χ0v) is 14.2. The zero-order valence-electron chi connectivity index (χ0n) is 14.2. The fourth-order valence-corrected chi connectivity index (χ4v) is 2.10. The quantitative estimate of drug-likeness (QED) is 0.717. The van der Waals surface area contributed by atoms with Gasteiger partial charge in [0.05, 0.1) is 18.9 Å². The van der Waals surface area contributed by atoms with E-state index in [1.165, 1.54) is 12.3 Å². The Kier molecular flexibility index (Phi) is 6.91. The lowest BCUT2D eigenvalue weighted by molar-refractivity contribution is 0.0932. The van der Waals surface area contributed by atoms with Gasteiger partial charge in [0.1, 0.15) is 11.4 Å². The predicted octanol–water partition coefficient (Wildman–Crippen LogP) is 2.11. The van der Waals surface area contributed by atoms with Gasteiger partial charge in [-0.15, -0.1) is 0 Å². The molecule has 2 rings (SSSR count). The Morgan fingerprint density at radius 2 is 1.96 bits per heavy atom. The van der Waals surface area contributed by atoms with Gasteiger partial charge in [0.2, 0.25) is 0 Å². The fourth-order valence-electron chi connectivity index (χ4n) is 2.10. The minimum atomic E-state index is -0.360. The lowest BCUT2D eigenvalue weighted by atomic mass is 10.2. The number of carbonyl (C=O) groups is 2. The van der Waals surface area contributed by atoms with Crippen LogP contribution in [-0.4, -0.2) is 43.7 Å². The summed E-state index contributed by atoms with van der Waals surface area (Å²) in [7, 11) is 1.55. The number of para-hydroxylation sites is 2. The van der Waals surface area contributed by atoms with Crippen molar-refractivity contribution in [3.63, 3.8) is 0 Å². The highest BCUT2D eigenvalue weighted by Gasteiger charge is 2.13. The van der Waals surface area contributed by atoms with Crippen molar-refractivity contribution in [2.24, 2.45) is 0 Å². The number of benzene rings is 1. The van der Waals surface area contributed by atoms with E-state index in [0.717, 1.165) is 0 Å². The molecule has 0 unspecified atom stereocenters. The Labute approximate surface area is 146 Å². The van der Waals surface area contributed by atoms with Crippen molar-refractivity contribution in [3.8, 4) is 5.75 Å². The summed E-state index contributed by atoms with van der Waals surface area (Å²) in [5, 5.41) is 5.45. The Balaban J connectivity index is 2.10. The van der Waals surface area contributed by atoms with E-state index in [0.29, 0.717) is 36.8 Å². The van der Waals surface area contributed by atoms with Crippen LogP contribution in [0.4, 0.5) is 5.69 Å². The summed E-state index contributed by atoms with van der Waals surface area (Å²) in [5.41, 5.74) is 1.07. The normalized spacial score (nSPS) is 10.2. The van der Waals surface area contributed by atoms with Gasteiger partial charge in [-0.2, -0.15) is 0 Å². The Morgan fingerprint density at radius 1 is 1.16 bits per heavy atom. The second-order valence-electron chi connectivity index (χ2n) is 5.06. The molecule has 0 fully saturated rings. The van der Waals surface area contributed by atoms with E-state index in [4.69, 9.17) is 9.47 Å². The minimum absolute atomic E-state index is 0.168. The third-order valence-electron chi connectivity index (χ3n) is 3.28. The highest BCUT2D eigenvalue weighted by atomic mass is 16.5. The number of carbonyl (C=O) groups excluding carboxylic acids is 2. The molecule has 0 saturated heterocycles. The van der Waals surface area contributed by atoms with Crippen molar-refractivity contribution in [1.29, 1.82) is 0 Å². The predicted molar refractivity (Wildman–Crippen MR) is 94.0 cm³/mol. The number of nitrogens with one attached hydrogen (secondary N) is 2. The number of ether oxygens (including phenoxy) is 2. The van der Waals surface area contributed by atoms with E-state index < -0.39 is 0 Å². The van der Waals surface area contributed by atoms with Gasteiger partial charge in [-0.25, -0.2) is 0 Å². The van der Waals surface area contributed by atoms with Crippen molar-refractivity contribution in [2.75, 3.05) is 32.2 Å². The first kappa shape index (κ1) is 18.4. The molecule has 0 spiro atoms. The third kappa shape index (κ3) is 5.29. The Hall–Kier alpha value is -2.93. The number of rotatable bonds is 8. The molecule has 0 aliphatic rings. The molecule has 0 aliphatic heterocycles. The van der Waals surface area contributed by atoms with Gasteiger partial charge in [-0.05, 0) is 31.2 Å². The topological polar surface area (TPSA) is 89.5 Å². The van der Waals surface area contributed by atoms with Crippen LogP contribution < -0.4 is 15.4 Å². The van der Waals surface area contributed by atoms with Gasteiger partial charge in [-0.1, -0.05) is 12.1 Å². The number of methoxy groups -OCH3 is 1. The molecular weight excluding hydrogens is 322 g/mol. The van der Waals surface area contributed by atoms with Crippen molar-refractivity contribution in [3.05, 3.63) is 53.9 Å². The van der Waals surface area contributed by atoms with Crippen LogP contribution in [0, 0.1) is 0 Å². The van der Waals surface area contributed by atoms with Gasteiger partial charge >= 0.3 is 0 Å². The van der Waals surface area contributed by atoms with Crippen LogP contribution in [-0.2, 0) is 4.74 Å². The smallest absolute Gasteiger partial charge is 0.269 e. The third-order valence-corrected chi connectivity index (χ3v) is 3.28. The van der Waals surface area contributed by atoms with E-state index in [1.54, 1.807) is 31.4 Å². The largest absolute Gasteiger partial charge is 0.492 e. The molecule has 1 aromatic heterocycles. The molecule has 0 radical (unpaired) electrons. The van der Waals surface area contributed by atoms with Crippen LogP contribution >= 0.6 is 0 Å². The summed E-state index contributed by atoms with van der Waals surface area (Å²) < 4.78 is 10.4. The molecule has 132 valence electrons. The maximum Gasteiger partial charge on any atom is 0.269 e. The molecule has 1 heterocycles. The van der Waals surface area contributed by atoms with E-state index in [9.17, 15) is 9.59 Å². The maximum absolute atomic E-state index is 12.5. The molecular formula is C18H21N3O4. The van der Waals surface area contributed by atoms with Gasteiger partial charge in [0.25, 0.3) is 11.8 Å². The Bertz CT molecular complexity index is 734. The second kappa shape index (κ2) is 9.39. The van der Waals surface area contributed by atoms with Crippen molar-refractivity contribution >= 4 is 17.5 Å². The summed E-state index contributed by atoms with van der Waals surface area (Å²) in [6.45, 7) is 3.14. The first-order chi connectivity index (χ1) is 12.2. The van der Waals surface area contributed by atoms with Crippen LogP contribution in [0.25, 0.3) is 0 Å². The highest BCUT2D eigenvalue weighted by Crippen LogP contribution is 2.24. The van der Waals surface area contributed by atoms with Gasteiger partial charge in [-0.3, -0.25) is 14.6 Å². The second-order valence-corrected chi connectivity index (χ2v) is 5.06. The van der Waals surface area contributed by atoms with Gasteiger partial charge in [0, 0.05) is 25.4 Å². The van der Waals surface area contributed by atoms with Gasteiger partial charge in [0.15, 0.2) is 0 Å². The lowest BCUT2D eigenvalue weighted by Gasteiger charge is -2.11. The summed E-state index contributed by atoms with van der Waals surface area (Å²) in [5.74, 6) is -0.119. The summed E-state index contributed by atoms with van der Waals surface area (Å²) >= 11 is 0. The van der Waals surface area contributed by atoms with E-state index in [-0.39, 0.29) is 17.5 Å². The fraction of sp³-hybridized carbons (Fsp3) is 0.278. The van der Waals surface area contributed by atoms with Crippen LogP contribution in [0.5, 0.6) is 5.75 Å².